The summed E-state index contributed by atoms with van der Waals surface area (Å²) in [5.41, 5.74) is -8.04. The second-order valence-corrected chi connectivity index (χ2v) is 5.28. The summed E-state index contributed by atoms with van der Waals surface area (Å²) in [6.45, 7) is 0. The van der Waals surface area contributed by atoms with Crippen LogP contribution in [0, 0.1) is 20.2 Å². The zero-order valence-corrected chi connectivity index (χ0v) is 13.5. The van der Waals surface area contributed by atoms with Gasteiger partial charge in [-0.05, 0) is 0 Å². The lowest BCUT2D eigenvalue weighted by atomic mass is 10.1. The van der Waals surface area contributed by atoms with Crippen molar-refractivity contribution in [1.29, 1.82) is 0 Å². The van der Waals surface area contributed by atoms with Crippen LogP contribution in [0.2, 0.25) is 0 Å². The molecule has 0 saturated heterocycles. The first-order chi connectivity index (χ1) is 12.7. The maximum absolute atomic E-state index is 13.5. The molecule has 1 rings (SSSR count). The Labute approximate surface area is 155 Å². The van der Waals surface area contributed by atoms with E-state index >= 15 is 0 Å². The van der Waals surface area contributed by atoms with Crippen LogP contribution in [0.25, 0.3) is 0 Å². The van der Waals surface area contributed by atoms with E-state index in [4.69, 9.17) is 0 Å². The number of nitrogens with zero attached hydrogens (tertiary/aromatic N) is 3. The van der Waals surface area contributed by atoms with Gasteiger partial charge in [0.05, 0.1) is 15.4 Å². The molecule has 0 aromatic heterocycles. The Kier molecular flexibility index (Phi) is 6.10. The van der Waals surface area contributed by atoms with Crippen molar-refractivity contribution in [1.82, 2.24) is 0 Å². The smallest absolute Gasteiger partial charge is 0.258 e. The fraction of sp³-hybridized carbons (Fsp3) is 0.364. The number of alkyl halides is 10. The van der Waals surface area contributed by atoms with Crippen molar-refractivity contribution in [3.63, 3.8) is 0 Å². The average molecular weight is 466 g/mol. The van der Waals surface area contributed by atoms with Gasteiger partial charge in [0.15, 0.2) is 5.17 Å². The molecule has 0 aliphatic heterocycles. The van der Waals surface area contributed by atoms with Gasteiger partial charge in [-0.15, -0.1) is 0 Å². The second-order valence-electron chi connectivity index (χ2n) is 4.92. The maximum Gasteiger partial charge on any atom is 0.460 e. The highest BCUT2D eigenvalue weighted by Gasteiger charge is 2.75. The minimum atomic E-state index is -6.90. The number of benzene rings is 1. The van der Waals surface area contributed by atoms with Gasteiger partial charge in [0.2, 0.25) is 5.69 Å². The van der Waals surface area contributed by atoms with Crippen LogP contribution in [-0.4, -0.2) is 33.0 Å². The lowest BCUT2D eigenvalue weighted by Gasteiger charge is -2.26. The first-order valence-corrected chi connectivity index (χ1v) is 6.74. The highest BCUT2D eigenvalue weighted by molar-refractivity contribution is 6.67. The number of rotatable bonds is 5. The summed E-state index contributed by atoms with van der Waals surface area (Å²) in [4.78, 5) is 20.3. The molecule has 0 amide bonds. The highest BCUT2D eigenvalue weighted by Crippen LogP contribution is 2.49. The van der Waals surface area contributed by atoms with Gasteiger partial charge in [0.25, 0.3) is 0 Å². The molecule has 0 radical (unpaired) electrons. The topological polar surface area (TPSA) is 98.6 Å². The minimum absolute atomic E-state index is 0.434. The first kappa shape index (κ1) is 24.3. The van der Waals surface area contributed by atoms with E-state index in [2.05, 4.69) is 16.6 Å². The van der Waals surface area contributed by atoms with Crippen LogP contribution in [0.3, 0.4) is 0 Å². The summed E-state index contributed by atoms with van der Waals surface area (Å²) >= 11 is 4.63. The molecule has 7 nitrogen and oxygen atoms in total. The quantitative estimate of drug-likeness (QED) is 0.244. The highest BCUT2D eigenvalue weighted by atomic mass is 35.5. The van der Waals surface area contributed by atoms with E-state index in [-0.39, 0.29) is 0 Å². The molecule has 0 heterocycles. The van der Waals surface area contributed by atoms with Crippen LogP contribution in [0.15, 0.2) is 17.1 Å². The Hall–Kier alpha value is -2.72. The van der Waals surface area contributed by atoms with Gasteiger partial charge in [-0.3, -0.25) is 20.2 Å². The molecule has 0 N–H and O–H groups in total. The van der Waals surface area contributed by atoms with Gasteiger partial charge in [-0.2, -0.15) is 43.9 Å². The summed E-state index contributed by atoms with van der Waals surface area (Å²) in [5.74, 6) is -13.3. The molecule has 162 valence electrons. The van der Waals surface area contributed by atoms with Crippen LogP contribution >= 0.6 is 11.6 Å². The largest absolute Gasteiger partial charge is 0.460 e. The van der Waals surface area contributed by atoms with E-state index in [1.54, 1.807) is 0 Å². The zero-order chi connectivity index (χ0) is 23.2. The number of nitro groups is 2. The summed E-state index contributed by atoms with van der Waals surface area (Å²) in [7, 11) is 0. The Balaban J connectivity index is 3.86. The SMILES string of the molecule is O=[N+]([O-])c1cc(C(F)(F)F)cc([N+](=O)[O-])c1N=C(Cl)C(F)(F)C(F)(F)C(F)(F)F. The van der Waals surface area contributed by atoms with E-state index < -0.39 is 74.0 Å². The van der Waals surface area contributed by atoms with E-state index in [0.29, 0.717) is 0 Å². The van der Waals surface area contributed by atoms with Crippen molar-refractivity contribution < 1.29 is 53.8 Å². The number of nitro benzene ring substituents is 2. The van der Waals surface area contributed by atoms with Crippen molar-refractivity contribution in [3.8, 4) is 0 Å². The third-order valence-electron chi connectivity index (χ3n) is 3.01. The fourth-order valence-corrected chi connectivity index (χ4v) is 1.84. The molecule has 1 aromatic rings. The maximum atomic E-state index is 13.5. The van der Waals surface area contributed by atoms with Crippen molar-refractivity contribution in [3.05, 3.63) is 37.9 Å². The summed E-state index contributed by atoms with van der Waals surface area (Å²) < 4.78 is 127. The van der Waals surface area contributed by atoms with Gasteiger partial charge in [-0.25, -0.2) is 4.99 Å². The van der Waals surface area contributed by atoms with E-state index in [9.17, 15) is 64.1 Å². The van der Waals surface area contributed by atoms with Crippen LogP contribution in [-0.2, 0) is 6.18 Å². The lowest BCUT2D eigenvalue weighted by molar-refractivity contribution is -0.392. The number of hydrogen-bond acceptors (Lipinski definition) is 5. The van der Waals surface area contributed by atoms with E-state index in [1.165, 1.54) is 0 Å². The normalized spacial score (nSPS) is 14.1. The van der Waals surface area contributed by atoms with Crippen molar-refractivity contribution in [2.75, 3.05) is 0 Å². The van der Waals surface area contributed by atoms with Gasteiger partial charge >= 0.3 is 35.6 Å². The molecular weight excluding hydrogens is 464 g/mol. The number of halogens is 11. The number of aliphatic imine (C=N–C) groups is 1. The van der Waals surface area contributed by atoms with Crippen LogP contribution in [0.5, 0.6) is 0 Å². The van der Waals surface area contributed by atoms with E-state index in [0.717, 1.165) is 0 Å². The third-order valence-corrected chi connectivity index (χ3v) is 3.33. The molecule has 0 unspecified atom stereocenters. The molecular formula is C11H2ClF10N3O4. The molecule has 0 aliphatic rings. The summed E-state index contributed by atoms with van der Waals surface area (Å²) in [6.07, 6.45) is -12.3. The van der Waals surface area contributed by atoms with Crippen LogP contribution in [0.1, 0.15) is 5.56 Å². The second kappa shape index (κ2) is 7.27. The monoisotopic (exact) mass is 465 g/mol. The molecule has 0 spiro atoms. The molecule has 1 aromatic carbocycles. The van der Waals surface area contributed by atoms with Crippen LogP contribution in [0.4, 0.5) is 61.0 Å². The molecule has 0 aliphatic carbocycles. The Morgan fingerprint density at radius 1 is 0.862 bits per heavy atom. The zero-order valence-electron chi connectivity index (χ0n) is 12.8. The minimum Gasteiger partial charge on any atom is -0.258 e. The Morgan fingerprint density at radius 3 is 1.52 bits per heavy atom. The standard InChI is InChI=1S/C11H2ClF10N3O4/c12-7(8(13,14)10(18,19)11(20,21)22)23-6-4(24(26)27)1-3(9(15,16)17)2-5(6)25(28)29/h1-2H. The van der Waals surface area contributed by atoms with Crippen molar-refractivity contribution in [2.45, 2.75) is 24.2 Å². The molecule has 0 saturated carbocycles. The first-order valence-electron chi connectivity index (χ1n) is 6.36. The number of hydrogen-bond donors (Lipinski definition) is 0. The molecule has 29 heavy (non-hydrogen) atoms. The Morgan fingerprint density at radius 2 is 1.24 bits per heavy atom. The third kappa shape index (κ3) is 4.48. The van der Waals surface area contributed by atoms with E-state index in [1.807, 2.05) is 0 Å². The van der Waals surface area contributed by atoms with Gasteiger partial charge in [-0.1, -0.05) is 11.6 Å². The van der Waals surface area contributed by atoms with Gasteiger partial charge < -0.3 is 0 Å². The lowest BCUT2D eigenvalue weighted by Crippen LogP contribution is -2.54. The summed E-state index contributed by atoms with van der Waals surface area (Å²) in [5, 5.41) is 18.7. The molecule has 18 heteroatoms. The average Bonchev–Trinajstić information content (AvgIpc) is 2.51. The van der Waals surface area contributed by atoms with Crippen molar-refractivity contribution >= 4 is 33.8 Å². The predicted molar refractivity (Wildman–Crippen MR) is 73.6 cm³/mol. The molecule has 0 atom stereocenters. The molecule has 0 fully saturated rings. The molecule has 0 bridgehead atoms. The predicted octanol–water partition coefficient (Wildman–Crippen LogP) is 5.62. The fourth-order valence-electron chi connectivity index (χ4n) is 1.64. The van der Waals surface area contributed by atoms with Crippen LogP contribution < -0.4 is 0 Å². The summed E-state index contributed by atoms with van der Waals surface area (Å²) in [6, 6.07) is -0.869. The Bertz CT molecular complexity index is 846. The van der Waals surface area contributed by atoms with Gasteiger partial charge in [0.1, 0.15) is 0 Å². The van der Waals surface area contributed by atoms with Crippen molar-refractivity contribution in [2.24, 2.45) is 4.99 Å². The van der Waals surface area contributed by atoms with Gasteiger partial charge in [0, 0.05) is 12.1 Å².